The zero-order valence-corrected chi connectivity index (χ0v) is 11.1. The first-order valence-electron chi connectivity index (χ1n) is 6.18. The lowest BCUT2D eigenvalue weighted by Gasteiger charge is -2.46. The summed E-state index contributed by atoms with van der Waals surface area (Å²) in [5.41, 5.74) is 6.92. The van der Waals surface area contributed by atoms with E-state index in [-0.39, 0.29) is 17.6 Å². The monoisotopic (exact) mass is 248 g/mol. The number of anilines is 1. The van der Waals surface area contributed by atoms with Crippen LogP contribution in [0.15, 0.2) is 24.3 Å². The Morgan fingerprint density at radius 1 is 1.28 bits per heavy atom. The number of carbonyl (C=O) groups excluding carboxylic acids is 1. The quantitative estimate of drug-likeness (QED) is 0.641. The highest BCUT2D eigenvalue weighted by molar-refractivity contribution is 5.89. The standard InChI is InChI=1S/C14H20N2O2/c1-14(2,3)16-8-12(9-16)18-13(17)10-4-6-11(15)7-5-10/h4-7,12H,8-9,15H2,1-3H3. The maximum atomic E-state index is 11.8. The Morgan fingerprint density at radius 3 is 2.33 bits per heavy atom. The van der Waals surface area contributed by atoms with Crippen molar-refractivity contribution in [2.24, 2.45) is 0 Å². The van der Waals surface area contributed by atoms with Gasteiger partial charge in [0.05, 0.1) is 5.56 Å². The normalized spacial score (nSPS) is 17.3. The average Bonchev–Trinajstić information content (AvgIpc) is 2.21. The molecule has 2 rings (SSSR count). The predicted molar refractivity (Wildman–Crippen MR) is 71.4 cm³/mol. The highest BCUT2D eigenvalue weighted by atomic mass is 16.5. The first-order chi connectivity index (χ1) is 8.36. The topological polar surface area (TPSA) is 55.6 Å². The van der Waals surface area contributed by atoms with Crippen LogP contribution in [-0.4, -0.2) is 35.6 Å². The molecule has 2 N–H and O–H groups in total. The zero-order chi connectivity index (χ0) is 13.3. The number of ether oxygens (including phenoxy) is 1. The molecule has 0 aliphatic carbocycles. The highest BCUT2D eigenvalue weighted by Gasteiger charge is 2.36. The smallest absolute Gasteiger partial charge is 0.338 e. The fourth-order valence-electron chi connectivity index (χ4n) is 1.90. The van der Waals surface area contributed by atoms with Gasteiger partial charge in [0.15, 0.2) is 0 Å². The van der Waals surface area contributed by atoms with E-state index in [4.69, 9.17) is 10.5 Å². The van der Waals surface area contributed by atoms with Crippen LogP contribution >= 0.6 is 0 Å². The summed E-state index contributed by atoms with van der Waals surface area (Å²) in [6.45, 7) is 8.09. The number of nitrogen functional groups attached to an aromatic ring is 1. The first-order valence-corrected chi connectivity index (χ1v) is 6.18. The van der Waals surface area contributed by atoms with Crippen molar-refractivity contribution in [1.82, 2.24) is 4.90 Å². The molecule has 0 spiro atoms. The van der Waals surface area contributed by atoms with E-state index in [1.165, 1.54) is 0 Å². The number of hydrogen-bond donors (Lipinski definition) is 1. The van der Waals surface area contributed by atoms with Crippen molar-refractivity contribution in [1.29, 1.82) is 0 Å². The number of esters is 1. The molecule has 0 amide bonds. The Hall–Kier alpha value is -1.55. The Bertz CT molecular complexity index is 428. The molecule has 0 unspecified atom stereocenters. The van der Waals surface area contributed by atoms with Crippen LogP contribution < -0.4 is 5.73 Å². The first kappa shape index (κ1) is 12.9. The molecule has 1 saturated heterocycles. The molecule has 0 aromatic heterocycles. The summed E-state index contributed by atoms with van der Waals surface area (Å²) >= 11 is 0. The molecule has 1 fully saturated rings. The summed E-state index contributed by atoms with van der Waals surface area (Å²) in [5, 5.41) is 0. The van der Waals surface area contributed by atoms with Gasteiger partial charge in [0.25, 0.3) is 0 Å². The number of likely N-dealkylation sites (tertiary alicyclic amines) is 1. The van der Waals surface area contributed by atoms with Crippen LogP contribution in [0.2, 0.25) is 0 Å². The molecule has 4 heteroatoms. The summed E-state index contributed by atoms with van der Waals surface area (Å²) in [5.74, 6) is -0.270. The van der Waals surface area contributed by atoms with Gasteiger partial charge < -0.3 is 10.5 Å². The Labute approximate surface area is 108 Å². The molecule has 4 nitrogen and oxygen atoms in total. The molecule has 1 aromatic carbocycles. The van der Waals surface area contributed by atoms with Crippen molar-refractivity contribution in [3.8, 4) is 0 Å². The lowest BCUT2D eigenvalue weighted by Crippen LogP contribution is -2.60. The summed E-state index contributed by atoms with van der Waals surface area (Å²) in [6.07, 6.45) is 0.00859. The van der Waals surface area contributed by atoms with E-state index in [1.807, 2.05) is 0 Å². The van der Waals surface area contributed by atoms with Crippen molar-refractivity contribution in [2.45, 2.75) is 32.4 Å². The van der Waals surface area contributed by atoms with Crippen molar-refractivity contribution >= 4 is 11.7 Å². The van der Waals surface area contributed by atoms with Crippen molar-refractivity contribution in [2.75, 3.05) is 18.8 Å². The molecule has 98 valence electrons. The fraction of sp³-hybridized carbons (Fsp3) is 0.500. The van der Waals surface area contributed by atoms with Crippen molar-refractivity contribution in [3.63, 3.8) is 0 Å². The van der Waals surface area contributed by atoms with Crippen LogP contribution in [0.1, 0.15) is 31.1 Å². The van der Waals surface area contributed by atoms with Crippen molar-refractivity contribution < 1.29 is 9.53 Å². The van der Waals surface area contributed by atoms with Crippen molar-refractivity contribution in [3.05, 3.63) is 29.8 Å². The lowest BCUT2D eigenvalue weighted by atomic mass is 9.99. The lowest BCUT2D eigenvalue weighted by molar-refractivity contribution is -0.0645. The van der Waals surface area contributed by atoms with Gasteiger partial charge in [-0.25, -0.2) is 4.79 Å². The average molecular weight is 248 g/mol. The Balaban J connectivity index is 1.85. The molecule has 1 aromatic rings. The number of hydrogen-bond acceptors (Lipinski definition) is 4. The molecule has 1 aliphatic rings. The molecule has 0 bridgehead atoms. The van der Waals surface area contributed by atoms with E-state index in [9.17, 15) is 4.79 Å². The maximum Gasteiger partial charge on any atom is 0.338 e. The van der Waals surface area contributed by atoms with Crippen LogP contribution in [0, 0.1) is 0 Å². The second-order valence-electron chi connectivity index (χ2n) is 5.73. The molecule has 18 heavy (non-hydrogen) atoms. The molecule has 0 radical (unpaired) electrons. The van der Waals surface area contributed by atoms with Gasteiger partial charge in [-0.2, -0.15) is 0 Å². The van der Waals surface area contributed by atoms with Gasteiger partial charge in [-0.15, -0.1) is 0 Å². The minimum atomic E-state index is -0.270. The highest BCUT2D eigenvalue weighted by Crippen LogP contribution is 2.23. The Kier molecular flexibility index (Phi) is 3.30. The van der Waals surface area contributed by atoms with E-state index in [0.717, 1.165) is 13.1 Å². The minimum Gasteiger partial charge on any atom is -0.456 e. The predicted octanol–water partition coefficient (Wildman–Crippen LogP) is 1.91. The summed E-state index contributed by atoms with van der Waals surface area (Å²) in [7, 11) is 0. The SMILES string of the molecule is CC(C)(C)N1CC(OC(=O)c2ccc(N)cc2)C1. The number of benzene rings is 1. The summed E-state index contributed by atoms with van der Waals surface area (Å²) in [6, 6.07) is 6.80. The third-order valence-corrected chi connectivity index (χ3v) is 3.22. The molecule has 0 atom stereocenters. The van der Waals surface area contributed by atoms with Crippen LogP contribution in [0.25, 0.3) is 0 Å². The number of nitrogens with zero attached hydrogens (tertiary/aromatic N) is 1. The van der Waals surface area contributed by atoms with E-state index in [0.29, 0.717) is 11.3 Å². The van der Waals surface area contributed by atoms with E-state index >= 15 is 0 Å². The van der Waals surface area contributed by atoms with Crippen LogP contribution in [0.3, 0.4) is 0 Å². The van der Waals surface area contributed by atoms with Gasteiger partial charge >= 0.3 is 5.97 Å². The van der Waals surface area contributed by atoms with Gasteiger partial charge in [-0.05, 0) is 45.0 Å². The minimum absolute atomic E-state index is 0.00859. The van der Waals surface area contributed by atoms with E-state index in [1.54, 1.807) is 24.3 Å². The molecule has 1 aliphatic heterocycles. The number of rotatable bonds is 2. The fourth-order valence-corrected chi connectivity index (χ4v) is 1.90. The molecular formula is C14H20N2O2. The third kappa shape index (κ3) is 2.82. The van der Waals surface area contributed by atoms with Crippen LogP contribution in [0.4, 0.5) is 5.69 Å². The molecule has 0 saturated carbocycles. The van der Waals surface area contributed by atoms with E-state index < -0.39 is 0 Å². The van der Waals surface area contributed by atoms with Gasteiger partial charge in [0, 0.05) is 24.3 Å². The van der Waals surface area contributed by atoms with Gasteiger partial charge in [-0.1, -0.05) is 0 Å². The number of nitrogens with two attached hydrogens (primary N) is 1. The number of carbonyl (C=O) groups is 1. The van der Waals surface area contributed by atoms with Gasteiger partial charge in [0.1, 0.15) is 6.10 Å². The Morgan fingerprint density at radius 2 is 1.83 bits per heavy atom. The second-order valence-corrected chi connectivity index (χ2v) is 5.73. The summed E-state index contributed by atoms with van der Waals surface area (Å²) < 4.78 is 5.42. The van der Waals surface area contributed by atoms with E-state index in [2.05, 4.69) is 25.7 Å². The van der Waals surface area contributed by atoms with Crippen LogP contribution in [-0.2, 0) is 4.74 Å². The zero-order valence-electron chi connectivity index (χ0n) is 11.1. The maximum absolute atomic E-state index is 11.8. The van der Waals surface area contributed by atoms with Gasteiger partial charge in [-0.3, -0.25) is 4.90 Å². The van der Waals surface area contributed by atoms with Gasteiger partial charge in [0.2, 0.25) is 0 Å². The molecule has 1 heterocycles. The molecular weight excluding hydrogens is 228 g/mol. The second kappa shape index (κ2) is 4.61. The largest absolute Gasteiger partial charge is 0.456 e. The third-order valence-electron chi connectivity index (χ3n) is 3.22. The summed E-state index contributed by atoms with van der Waals surface area (Å²) in [4.78, 5) is 14.1. The van der Waals surface area contributed by atoms with Crippen LogP contribution in [0.5, 0.6) is 0 Å².